The molecule has 0 bridgehead atoms. The minimum Gasteiger partial charge on any atom is -0.474 e. The van der Waals surface area contributed by atoms with Gasteiger partial charge in [-0.2, -0.15) is 18.2 Å². The third-order valence-electron chi connectivity index (χ3n) is 3.81. The van der Waals surface area contributed by atoms with Crippen molar-refractivity contribution in [3.05, 3.63) is 11.9 Å². The number of hydrogen-bond acceptors (Lipinski definition) is 4. The Morgan fingerprint density at radius 2 is 1.90 bits per heavy atom. The number of anilines is 1. The molecule has 3 unspecified atom stereocenters. The molecule has 2 N–H and O–H groups in total. The zero-order valence-electron chi connectivity index (χ0n) is 11.4. The van der Waals surface area contributed by atoms with E-state index in [1.54, 1.807) is 0 Å². The molecule has 1 heterocycles. The summed E-state index contributed by atoms with van der Waals surface area (Å²) in [5.41, 5.74) is 5.38. The van der Waals surface area contributed by atoms with Crippen molar-refractivity contribution in [1.29, 1.82) is 0 Å². The molecule has 20 heavy (non-hydrogen) atoms. The van der Waals surface area contributed by atoms with E-state index in [4.69, 9.17) is 10.5 Å². The van der Waals surface area contributed by atoms with Crippen LogP contribution >= 0.6 is 0 Å². The summed E-state index contributed by atoms with van der Waals surface area (Å²) in [7, 11) is 0. The molecular formula is C13H18F3N3O. The fourth-order valence-corrected chi connectivity index (χ4v) is 2.41. The van der Waals surface area contributed by atoms with Crippen molar-refractivity contribution in [2.24, 2.45) is 11.8 Å². The van der Waals surface area contributed by atoms with Gasteiger partial charge in [0.25, 0.3) is 0 Å². The zero-order valence-corrected chi connectivity index (χ0v) is 11.4. The first-order valence-electron chi connectivity index (χ1n) is 6.64. The van der Waals surface area contributed by atoms with Crippen molar-refractivity contribution in [2.75, 3.05) is 5.73 Å². The molecule has 1 fully saturated rings. The van der Waals surface area contributed by atoms with Gasteiger partial charge in [-0.05, 0) is 31.1 Å². The van der Waals surface area contributed by atoms with Crippen molar-refractivity contribution in [3.8, 4) is 5.88 Å². The van der Waals surface area contributed by atoms with Crippen molar-refractivity contribution >= 4 is 5.82 Å². The smallest absolute Gasteiger partial charge is 0.451 e. The van der Waals surface area contributed by atoms with Gasteiger partial charge in [-0.25, -0.2) is 4.98 Å². The van der Waals surface area contributed by atoms with Gasteiger partial charge in [0.2, 0.25) is 11.7 Å². The Balaban J connectivity index is 2.12. The second-order valence-electron chi connectivity index (χ2n) is 5.46. The summed E-state index contributed by atoms with van der Waals surface area (Å²) in [5, 5.41) is 0. The number of ether oxygens (including phenoxy) is 1. The fourth-order valence-electron chi connectivity index (χ4n) is 2.41. The van der Waals surface area contributed by atoms with Gasteiger partial charge in [0, 0.05) is 6.07 Å². The van der Waals surface area contributed by atoms with Crippen LogP contribution < -0.4 is 10.5 Å². The normalized spacial score (nSPS) is 27.4. The summed E-state index contributed by atoms with van der Waals surface area (Å²) in [6.45, 7) is 4.29. The number of nitrogen functional groups attached to an aromatic ring is 1. The molecule has 1 aliphatic rings. The molecule has 2 rings (SSSR count). The van der Waals surface area contributed by atoms with Gasteiger partial charge >= 0.3 is 6.18 Å². The van der Waals surface area contributed by atoms with Crippen LogP contribution in [-0.2, 0) is 6.18 Å². The maximum Gasteiger partial charge on any atom is 0.451 e. The van der Waals surface area contributed by atoms with Gasteiger partial charge in [0.05, 0.1) is 0 Å². The molecule has 1 saturated carbocycles. The Labute approximate surface area is 115 Å². The van der Waals surface area contributed by atoms with Crippen molar-refractivity contribution in [3.63, 3.8) is 0 Å². The van der Waals surface area contributed by atoms with Crippen LogP contribution in [0.3, 0.4) is 0 Å². The van der Waals surface area contributed by atoms with Gasteiger partial charge in [-0.3, -0.25) is 0 Å². The van der Waals surface area contributed by atoms with E-state index in [1.165, 1.54) is 6.07 Å². The number of alkyl halides is 3. The summed E-state index contributed by atoms with van der Waals surface area (Å²) >= 11 is 0. The number of halogens is 3. The predicted octanol–water partition coefficient (Wildman–Crippen LogP) is 3.28. The van der Waals surface area contributed by atoms with E-state index in [9.17, 15) is 13.2 Å². The van der Waals surface area contributed by atoms with E-state index in [0.29, 0.717) is 11.8 Å². The molecular weight excluding hydrogens is 271 g/mol. The summed E-state index contributed by atoms with van der Waals surface area (Å²) in [4.78, 5) is 6.59. The van der Waals surface area contributed by atoms with Crippen LogP contribution in [0, 0.1) is 11.8 Å². The highest BCUT2D eigenvalue weighted by atomic mass is 19.4. The van der Waals surface area contributed by atoms with Crippen molar-refractivity contribution in [2.45, 2.75) is 45.4 Å². The van der Waals surface area contributed by atoms with Gasteiger partial charge in [0.15, 0.2) is 0 Å². The average molecular weight is 289 g/mol. The third kappa shape index (κ3) is 3.52. The molecule has 1 aromatic heterocycles. The van der Waals surface area contributed by atoms with Crippen molar-refractivity contribution in [1.82, 2.24) is 9.97 Å². The topological polar surface area (TPSA) is 61.0 Å². The van der Waals surface area contributed by atoms with E-state index in [-0.39, 0.29) is 17.8 Å². The molecule has 0 aliphatic heterocycles. The van der Waals surface area contributed by atoms with Gasteiger partial charge in [0.1, 0.15) is 11.9 Å². The third-order valence-corrected chi connectivity index (χ3v) is 3.81. The molecule has 0 aromatic carbocycles. The Morgan fingerprint density at radius 3 is 2.50 bits per heavy atom. The molecule has 1 aliphatic carbocycles. The number of aromatic nitrogens is 2. The Kier molecular flexibility index (Phi) is 4.06. The first kappa shape index (κ1) is 14.9. The lowest BCUT2D eigenvalue weighted by Gasteiger charge is -2.31. The lowest BCUT2D eigenvalue weighted by molar-refractivity contribution is -0.145. The zero-order chi connectivity index (χ0) is 14.9. The van der Waals surface area contributed by atoms with Gasteiger partial charge in [-0.1, -0.05) is 13.8 Å². The largest absolute Gasteiger partial charge is 0.474 e. The Hall–Kier alpha value is -1.53. The van der Waals surface area contributed by atoms with Gasteiger partial charge < -0.3 is 10.5 Å². The van der Waals surface area contributed by atoms with Crippen LogP contribution in [-0.4, -0.2) is 16.1 Å². The summed E-state index contributed by atoms with van der Waals surface area (Å²) in [5.74, 6) is -0.507. The van der Waals surface area contributed by atoms with Crippen LogP contribution in [0.5, 0.6) is 5.88 Å². The second-order valence-corrected chi connectivity index (χ2v) is 5.46. The van der Waals surface area contributed by atoms with Crippen LogP contribution in [0.4, 0.5) is 19.0 Å². The van der Waals surface area contributed by atoms with Crippen LogP contribution in [0.15, 0.2) is 6.07 Å². The average Bonchev–Trinajstić information content (AvgIpc) is 2.32. The number of nitrogens with two attached hydrogens (primary N) is 1. The summed E-state index contributed by atoms with van der Waals surface area (Å²) in [6.07, 6.45) is -2.11. The molecule has 1 aromatic rings. The van der Waals surface area contributed by atoms with E-state index in [2.05, 4.69) is 23.8 Å². The SMILES string of the molecule is CC1CCC(Oc2cc(N)nc(C(F)(F)F)n2)CC1C. The lowest BCUT2D eigenvalue weighted by atomic mass is 9.80. The Morgan fingerprint density at radius 1 is 1.20 bits per heavy atom. The number of rotatable bonds is 2. The van der Waals surface area contributed by atoms with E-state index in [1.807, 2.05) is 0 Å². The lowest BCUT2D eigenvalue weighted by Crippen LogP contribution is -2.29. The number of hydrogen-bond donors (Lipinski definition) is 1. The molecule has 4 nitrogen and oxygen atoms in total. The van der Waals surface area contributed by atoms with E-state index < -0.39 is 12.0 Å². The van der Waals surface area contributed by atoms with Crippen LogP contribution in [0.2, 0.25) is 0 Å². The second kappa shape index (κ2) is 5.46. The summed E-state index contributed by atoms with van der Waals surface area (Å²) in [6, 6.07) is 1.23. The van der Waals surface area contributed by atoms with Crippen LogP contribution in [0.25, 0.3) is 0 Å². The highest BCUT2D eigenvalue weighted by Crippen LogP contribution is 2.33. The maximum absolute atomic E-state index is 12.6. The molecule has 0 radical (unpaired) electrons. The molecule has 0 spiro atoms. The monoisotopic (exact) mass is 289 g/mol. The first-order valence-corrected chi connectivity index (χ1v) is 6.64. The van der Waals surface area contributed by atoms with E-state index >= 15 is 0 Å². The molecule has 0 saturated heterocycles. The van der Waals surface area contributed by atoms with E-state index in [0.717, 1.165) is 19.3 Å². The van der Waals surface area contributed by atoms with Crippen LogP contribution in [0.1, 0.15) is 38.9 Å². The molecule has 112 valence electrons. The summed E-state index contributed by atoms with van der Waals surface area (Å²) < 4.78 is 43.4. The minimum absolute atomic E-state index is 0.100. The predicted molar refractivity (Wildman–Crippen MR) is 68.0 cm³/mol. The fraction of sp³-hybridized carbons (Fsp3) is 0.692. The number of nitrogens with zero attached hydrogens (tertiary/aromatic N) is 2. The molecule has 7 heteroatoms. The quantitative estimate of drug-likeness (QED) is 0.907. The first-order chi connectivity index (χ1) is 9.25. The highest BCUT2D eigenvalue weighted by Gasteiger charge is 2.36. The standard InChI is InChI=1S/C13H18F3N3O/c1-7-3-4-9(5-8(7)2)20-11-6-10(17)18-12(19-11)13(14,15)16/h6-9H,3-5H2,1-2H3,(H2,17,18,19). The maximum atomic E-state index is 12.6. The Bertz CT molecular complexity index is 478. The highest BCUT2D eigenvalue weighted by molar-refractivity contribution is 5.33. The minimum atomic E-state index is -4.62. The van der Waals surface area contributed by atoms with Crippen molar-refractivity contribution < 1.29 is 17.9 Å². The molecule has 0 amide bonds. The van der Waals surface area contributed by atoms with Gasteiger partial charge in [-0.15, -0.1) is 0 Å². The molecule has 3 atom stereocenters.